The van der Waals surface area contributed by atoms with Crippen LogP contribution in [0.15, 0.2) is 24.5 Å². The zero-order valence-electron chi connectivity index (χ0n) is 15.5. The summed E-state index contributed by atoms with van der Waals surface area (Å²) in [7, 11) is 2.09. The van der Waals surface area contributed by atoms with Gasteiger partial charge in [0.1, 0.15) is 5.82 Å². The number of nitrogens with zero attached hydrogens (tertiary/aromatic N) is 5. The summed E-state index contributed by atoms with van der Waals surface area (Å²) in [5.74, 6) is 1.85. The Labute approximate surface area is 154 Å². The van der Waals surface area contributed by atoms with Gasteiger partial charge in [-0.15, -0.1) is 0 Å². The lowest BCUT2D eigenvalue weighted by Gasteiger charge is -2.36. The van der Waals surface area contributed by atoms with E-state index in [-0.39, 0.29) is 11.9 Å². The molecule has 0 spiro atoms. The highest BCUT2D eigenvalue weighted by Gasteiger charge is 2.32. The summed E-state index contributed by atoms with van der Waals surface area (Å²) >= 11 is 0. The van der Waals surface area contributed by atoms with E-state index in [9.17, 15) is 4.79 Å². The van der Waals surface area contributed by atoms with Crippen molar-refractivity contribution in [1.29, 1.82) is 0 Å². The molecule has 1 atom stereocenters. The molecule has 0 radical (unpaired) electrons. The van der Waals surface area contributed by atoms with Crippen molar-refractivity contribution in [3.8, 4) is 0 Å². The number of rotatable bonds is 2. The molecule has 26 heavy (non-hydrogen) atoms. The standard InChI is InChI=1S/C20H25N5O/c1-14-16-8-6-11-24(2)19(16)23-18(22-14)17-9-3-4-12-25(17)20(26)15-7-5-10-21-13-15/h5,7,10,13,17H,3-4,6,8-9,11-12H2,1-2H3. The Bertz CT molecular complexity index is 807. The van der Waals surface area contributed by atoms with Crippen LogP contribution < -0.4 is 4.90 Å². The quantitative estimate of drug-likeness (QED) is 0.832. The Morgan fingerprint density at radius 3 is 2.88 bits per heavy atom. The Hall–Kier alpha value is -2.50. The van der Waals surface area contributed by atoms with Crippen molar-refractivity contribution in [3.63, 3.8) is 0 Å². The maximum Gasteiger partial charge on any atom is 0.256 e. The number of likely N-dealkylation sites (tertiary alicyclic amines) is 1. The van der Waals surface area contributed by atoms with Crippen LogP contribution in [0.25, 0.3) is 0 Å². The van der Waals surface area contributed by atoms with E-state index in [0.29, 0.717) is 5.56 Å². The van der Waals surface area contributed by atoms with E-state index in [0.717, 1.165) is 62.5 Å². The molecule has 0 aromatic carbocycles. The fourth-order valence-electron chi connectivity index (χ4n) is 4.06. The maximum atomic E-state index is 13.0. The number of carbonyl (C=O) groups excluding carboxylic acids is 1. The number of anilines is 1. The number of fused-ring (bicyclic) bond motifs is 1. The minimum absolute atomic E-state index is 0.0233. The van der Waals surface area contributed by atoms with Crippen molar-refractivity contribution in [2.24, 2.45) is 0 Å². The monoisotopic (exact) mass is 351 g/mol. The lowest BCUT2D eigenvalue weighted by molar-refractivity contribution is 0.0599. The van der Waals surface area contributed by atoms with Crippen LogP contribution in [0.5, 0.6) is 0 Å². The molecule has 6 heteroatoms. The molecular formula is C20H25N5O. The molecule has 0 bridgehead atoms. The number of pyridine rings is 1. The Morgan fingerprint density at radius 1 is 1.19 bits per heavy atom. The molecule has 0 aliphatic carbocycles. The average Bonchev–Trinajstić information content (AvgIpc) is 2.69. The number of amides is 1. The summed E-state index contributed by atoms with van der Waals surface area (Å²) in [4.78, 5) is 31.0. The fraction of sp³-hybridized carbons (Fsp3) is 0.500. The first kappa shape index (κ1) is 16.9. The summed E-state index contributed by atoms with van der Waals surface area (Å²) in [5.41, 5.74) is 2.94. The highest BCUT2D eigenvalue weighted by molar-refractivity contribution is 5.94. The van der Waals surface area contributed by atoms with Crippen LogP contribution in [0, 0.1) is 6.92 Å². The summed E-state index contributed by atoms with van der Waals surface area (Å²) in [6.07, 6.45) is 8.53. The van der Waals surface area contributed by atoms with Crippen LogP contribution in [0.2, 0.25) is 0 Å². The Kier molecular flexibility index (Phi) is 4.57. The lowest BCUT2D eigenvalue weighted by Crippen LogP contribution is -2.40. The molecule has 2 aliphatic heterocycles. The zero-order valence-corrected chi connectivity index (χ0v) is 15.5. The molecule has 136 valence electrons. The summed E-state index contributed by atoms with van der Waals surface area (Å²) in [6, 6.07) is 3.57. The molecule has 6 nitrogen and oxygen atoms in total. The van der Waals surface area contributed by atoms with Gasteiger partial charge in [0.2, 0.25) is 0 Å². The van der Waals surface area contributed by atoms with E-state index in [4.69, 9.17) is 9.97 Å². The Balaban J connectivity index is 1.70. The van der Waals surface area contributed by atoms with Crippen molar-refractivity contribution < 1.29 is 4.79 Å². The molecule has 2 aromatic heterocycles. The van der Waals surface area contributed by atoms with Gasteiger partial charge >= 0.3 is 0 Å². The first-order chi connectivity index (χ1) is 12.6. The van der Waals surface area contributed by atoms with E-state index >= 15 is 0 Å². The number of piperidine rings is 1. The van der Waals surface area contributed by atoms with Gasteiger partial charge < -0.3 is 9.80 Å². The van der Waals surface area contributed by atoms with Crippen molar-refractivity contribution in [3.05, 3.63) is 47.2 Å². The molecule has 1 unspecified atom stereocenters. The van der Waals surface area contributed by atoms with Gasteiger partial charge in [-0.2, -0.15) is 0 Å². The molecule has 0 saturated carbocycles. The van der Waals surface area contributed by atoms with Gasteiger partial charge in [-0.1, -0.05) is 0 Å². The van der Waals surface area contributed by atoms with E-state index in [1.807, 2.05) is 11.0 Å². The first-order valence-electron chi connectivity index (χ1n) is 9.44. The number of carbonyl (C=O) groups is 1. The van der Waals surface area contributed by atoms with Gasteiger partial charge in [0.15, 0.2) is 5.82 Å². The van der Waals surface area contributed by atoms with E-state index in [1.54, 1.807) is 18.5 Å². The highest BCUT2D eigenvalue weighted by Crippen LogP contribution is 2.33. The average molecular weight is 351 g/mol. The summed E-state index contributed by atoms with van der Waals surface area (Å²) in [6.45, 7) is 3.83. The lowest BCUT2D eigenvalue weighted by atomic mass is 9.99. The summed E-state index contributed by atoms with van der Waals surface area (Å²) in [5, 5.41) is 0. The second-order valence-corrected chi connectivity index (χ2v) is 7.25. The molecule has 2 aliphatic rings. The number of aromatic nitrogens is 3. The Morgan fingerprint density at radius 2 is 2.08 bits per heavy atom. The third-order valence-electron chi connectivity index (χ3n) is 5.46. The van der Waals surface area contributed by atoms with Crippen LogP contribution >= 0.6 is 0 Å². The van der Waals surface area contributed by atoms with Gasteiger partial charge in [-0.05, 0) is 51.2 Å². The van der Waals surface area contributed by atoms with E-state index < -0.39 is 0 Å². The van der Waals surface area contributed by atoms with Gasteiger partial charge in [-0.3, -0.25) is 9.78 Å². The molecule has 1 amide bonds. The molecule has 4 heterocycles. The number of hydrogen-bond acceptors (Lipinski definition) is 5. The normalized spacial score (nSPS) is 20.0. The molecule has 0 N–H and O–H groups in total. The van der Waals surface area contributed by atoms with Crippen molar-refractivity contribution >= 4 is 11.7 Å². The first-order valence-corrected chi connectivity index (χ1v) is 9.44. The zero-order chi connectivity index (χ0) is 18.1. The van der Waals surface area contributed by atoms with Crippen molar-refractivity contribution in [2.45, 2.75) is 45.1 Å². The van der Waals surface area contributed by atoms with Gasteiger partial charge in [-0.25, -0.2) is 9.97 Å². The predicted octanol–water partition coefficient (Wildman–Crippen LogP) is 2.93. The molecule has 1 saturated heterocycles. The van der Waals surface area contributed by atoms with Crippen LogP contribution in [0.1, 0.15) is 59.2 Å². The van der Waals surface area contributed by atoms with Crippen LogP contribution in [0.4, 0.5) is 5.82 Å². The second kappa shape index (κ2) is 7.02. The second-order valence-electron chi connectivity index (χ2n) is 7.25. The molecule has 2 aromatic rings. The fourth-order valence-corrected chi connectivity index (χ4v) is 4.06. The van der Waals surface area contributed by atoms with Crippen molar-refractivity contribution in [1.82, 2.24) is 19.9 Å². The van der Waals surface area contributed by atoms with Crippen molar-refractivity contribution in [2.75, 3.05) is 25.0 Å². The third kappa shape index (κ3) is 3.04. The minimum Gasteiger partial charge on any atom is -0.359 e. The largest absolute Gasteiger partial charge is 0.359 e. The maximum absolute atomic E-state index is 13.0. The van der Waals surface area contributed by atoms with Crippen LogP contribution in [-0.2, 0) is 6.42 Å². The summed E-state index contributed by atoms with van der Waals surface area (Å²) < 4.78 is 0. The highest BCUT2D eigenvalue weighted by atomic mass is 16.2. The van der Waals surface area contributed by atoms with Gasteiger partial charge in [0.05, 0.1) is 11.6 Å². The number of hydrogen-bond donors (Lipinski definition) is 0. The van der Waals surface area contributed by atoms with Gasteiger partial charge in [0.25, 0.3) is 5.91 Å². The molecule has 4 rings (SSSR count). The van der Waals surface area contributed by atoms with Gasteiger partial charge in [0, 0.05) is 43.8 Å². The predicted molar refractivity (Wildman–Crippen MR) is 100 cm³/mol. The molecule has 1 fully saturated rings. The number of aryl methyl sites for hydroxylation is 1. The van der Waals surface area contributed by atoms with Crippen LogP contribution in [-0.4, -0.2) is 45.9 Å². The smallest absolute Gasteiger partial charge is 0.256 e. The van der Waals surface area contributed by atoms with E-state index in [1.165, 1.54) is 5.56 Å². The third-order valence-corrected chi connectivity index (χ3v) is 5.46. The van der Waals surface area contributed by atoms with Crippen LogP contribution in [0.3, 0.4) is 0 Å². The molecular weight excluding hydrogens is 326 g/mol. The van der Waals surface area contributed by atoms with E-state index in [2.05, 4.69) is 23.9 Å². The topological polar surface area (TPSA) is 62.2 Å². The SMILES string of the molecule is Cc1nc(C2CCCCN2C(=O)c2cccnc2)nc2c1CCCN2C. The minimum atomic E-state index is -0.0595.